The third-order valence-corrected chi connectivity index (χ3v) is 15.3. The van der Waals surface area contributed by atoms with Crippen LogP contribution in [0.2, 0.25) is 0 Å². The van der Waals surface area contributed by atoms with Gasteiger partial charge < -0.3 is 50.7 Å². The maximum atomic E-state index is 12.1. The zero-order valence-electron chi connectivity index (χ0n) is 50.1. The van der Waals surface area contributed by atoms with E-state index in [0.717, 1.165) is 87.5 Å². The Hall–Kier alpha value is -6.82. The summed E-state index contributed by atoms with van der Waals surface area (Å²) < 4.78 is 0. The van der Waals surface area contributed by atoms with Crippen molar-refractivity contribution in [3.63, 3.8) is 0 Å². The van der Waals surface area contributed by atoms with Crippen molar-refractivity contribution in [3.8, 4) is 12.1 Å². The fraction of sp³-hybridized carbons (Fsp3) is 0.545. The molecule has 8 rings (SSSR count). The van der Waals surface area contributed by atoms with Gasteiger partial charge in [0, 0.05) is 88.0 Å². The van der Waals surface area contributed by atoms with Gasteiger partial charge in [-0.05, 0) is 241 Å². The van der Waals surface area contributed by atoms with Crippen molar-refractivity contribution in [3.05, 3.63) is 130 Å². The van der Waals surface area contributed by atoms with Crippen LogP contribution in [-0.4, -0.2) is 176 Å². The molecule has 4 amide bonds. The summed E-state index contributed by atoms with van der Waals surface area (Å²) in [5.41, 5.74) is 5.90. The maximum Gasteiger partial charge on any atom is 0.251 e. The lowest BCUT2D eigenvalue weighted by Crippen LogP contribution is -2.33. The Morgan fingerprint density at radius 2 is 0.695 bits per heavy atom. The number of likely N-dealkylation sites (tertiary alicyclic amines) is 4. The molecule has 4 aromatic rings. The van der Waals surface area contributed by atoms with Crippen molar-refractivity contribution in [2.75, 3.05) is 143 Å². The summed E-state index contributed by atoms with van der Waals surface area (Å²) in [6.07, 6.45) is 20.0. The van der Waals surface area contributed by atoms with Crippen molar-refractivity contribution in [1.29, 1.82) is 10.5 Å². The number of nitrogens with zero attached hydrogens (tertiary/aromatic N) is 8. The SMILES string of the molecule is CN(C)c1ccc(C(=O)NCCCN2CCCCC2)cc1.CN(C)c1cccc(C(=O)NCCCN2CCCCC2)c1.N#Cc1ccc(C(=O)NCCCN2CCCCC2)cc1.N#Cc1cccc(C(=O)NCCCN2CCCCC2)c1. The molecule has 0 aliphatic carbocycles. The molecule has 0 radical (unpaired) electrons. The molecule has 4 fully saturated rings. The quantitative estimate of drug-likeness (QED) is 0.0549. The van der Waals surface area contributed by atoms with Gasteiger partial charge in [-0.2, -0.15) is 10.5 Å². The molecule has 0 unspecified atom stereocenters. The van der Waals surface area contributed by atoms with Crippen LogP contribution in [0.4, 0.5) is 11.4 Å². The molecule has 0 spiro atoms. The number of nitrogens with one attached hydrogen (secondary N) is 4. The first-order chi connectivity index (χ1) is 39.9. The van der Waals surface area contributed by atoms with Gasteiger partial charge in [0.05, 0.1) is 23.3 Å². The Morgan fingerprint density at radius 3 is 1.04 bits per heavy atom. The van der Waals surface area contributed by atoms with E-state index in [9.17, 15) is 19.2 Å². The van der Waals surface area contributed by atoms with Gasteiger partial charge in [0.25, 0.3) is 23.6 Å². The smallest absolute Gasteiger partial charge is 0.251 e. The number of nitriles is 2. The number of piperidine rings is 4. The van der Waals surface area contributed by atoms with Crippen molar-refractivity contribution in [2.45, 2.75) is 103 Å². The molecule has 4 aliphatic heterocycles. The van der Waals surface area contributed by atoms with Gasteiger partial charge in [0.15, 0.2) is 0 Å². The molecule has 4 heterocycles. The summed E-state index contributed by atoms with van der Waals surface area (Å²) in [7, 11) is 7.95. The third kappa shape index (κ3) is 26.0. The highest BCUT2D eigenvalue weighted by atomic mass is 16.2. The summed E-state index contributed by atoms with van der Waals surface area (Å²) in [5.74, 6) is -0.106. The van der Waals surface area contributed by atoms with E-state index in [4.69, 9.17) is 10.5 Å². The second kappa shape index (κ2) is 38.8. The van der Waals surface area contributed by atoms with Crippen LogP contribution in [0.1, 0.15) is 155 Å². The van der Waals surface area contributed by atoms with Gasteiger partial charge in [0.2, 0.25) is 0 Å². The van der Waals surface area contributed by atoms with E-state index in [1.165, 1.54) is 129 Å². The van der Waals surface area contributed by atoms with Crippen molar-refractivity contribution < 1.29 is 19.2 Å². The van der Waals surface area contributed by atoms with E-state index in [2.05, 4.69) is 40.9 Å². The highest BCUT2D eigenvalue weighted by Crippen LogP contribution is 2.16. The highest BCUT2D eigenvalue weighted by Gasteiger charge is 2.15. The van der Waals surface area contributed by atoms with Crippen molar-refractivity contribution in [1.82, 2.24) is 40.9 Å². The van der Waals surface area contributed by atoms with E-state index in [1.54, 1.807) is 48.5 Å². The fourth-order valence-electron chi connectivity index (χ4n) is 10.4. The van der Waals surface area contributed by atoms with Gasteiger partial charge in [0.1, 0.15) is 0 Å². The van der Waals surface area contributed by atoms with Crippen LogP contribution in [0, 0.1) is 22.7 Å². The zero-order valence-corrected chi connectivity index (χ0v) is 50.1. The predicted octanol–water partition coefficient (Wildman–Crippen LogP) is 9.04. The molecule has 0 saturated carbocycles. The van der Waals surface area contributed by atoms with Crippen molar-refractivity contribution >= 4 is 35.0 Å². The molecule has 444 valence electrons. The van der Waals surface area contributed by atoms with E-state index < -0.39 is 0 Å². The first kappa shape index (κ1) is 66.0. The number of carbonyl (C=O) groups excluding carboxylic acids is 4. The second-order valence-corrected chi connectivity index (χ2v) is 22.3. The minimum Gasteiger partial charge on any atom is -0.378 e. The van der Waals surface area contributed by atoms with Crippen LogP contribution in [0.15, 0.2) is 97.1 Å². The monoisotopic (exact) mass is 1120 g/mol. The van der Waals surface area contributed by atoms with Crippen LogP contribution < -0.4 is 31.1 Å². The van der Waals surface area contributed by atoms with E-state index in [1.807, 2.05) is 98.7 Å². The molecular formula is C66H96N12O4. The molecule has 0 aromatic heterocycles. The first-order valence-electron chi connectivity index (χ1n) is 30.5. The number of hydrogen-bond acceptors (Lipinski definition) is 12. The number of rotatable bonds is 22. The minimum absolute atomic E-state index is 0.0253. The number of amides is 4. The van der Waals surface area contributed by atoms with Crippen LogP contribution in [0.25, 0.3) is 0 Å². The van der Waals surface area contributed by atoms with Crippen LogP contribution in [0.3, 0.4) is 0 Å². The average Bonchev–Trinajstić information content (AvgIpc) is 3.53. The van der Waals surface area contributed by atoms with E-state index in [-0.39, 0.29) is 23.6 Å². The molecule has 82 heavy (non-hydrogen) atoms. The van der Waals surface area contributed by atoms with Gasteiger partial charge in [-0.1, -0.05) is 37.8 Å². The lowest BCUT2D eigenvalue weighted by molar-refractivity contribution is 0.0943. The van der Waals surface area contributed by atoms with Crippen LogP contribution in [0.5, 0.6) is 0 Å². The molecule has 4 N–H and O–H groups in total. The standard InChI is InChI=1S/2C17H27N3O.2C16H21N3O/c1-19(2)16-9-7-15(8-10-16)17(21)18-11-6-14-20-12-4-3-5-13-20;1-19(2)16-9-6-8-15(14-16)17(21)18-10-7-13-20-11-4-3-5-12-20;17-13-14-5-7-15(8-6-14)16(20)18-9-4-12-19-10-2-1-3-11-19;17-13-14-6-4-7-15(12-14)16(20)18-8-5-11-19-9-2-1-3-10-19/h7-10H,3-6,11-14H2,1-2H3,(H,18,21);6,8-9,14H,3-5,7,10-13H2,1-2H3,(H,18,21);5-8H,1-4,9-12H2,(H,18,20);4,6-7,12H,1-3,5,8-11H2,(H,18,20). The molecule has 0 bridgehead atoms. The lowest BCUT2D eigenvalue weighted by Gasteiger charge is -2.26. The van der Waals surface area contributed by atoms with Gasteiger partial charge in [-0.25, -0.2) is 0 Å². The van der Waals surface area contributed by atoms with Gasteiger partial charge in [-0.3, -0.25) is 19.2 Å². The highest BCUT2D eigenvalue weighted by molar-refractivity contribution is 5.96. The molecule has 4 aliphatic rings. The summed E-state index contributed by atoms with van der Waals surface area (Å²) in [5, 5.41) is 29.4. The lowest BCUT2D eigenvalue weighted by atomic mass is 10.1. The molecule has 16 nitrogen and oxygen atoms in total. The summed E-state index contributed by atoms with van der Waals surface area (Å²) in [4.78, 5) is 62.0. The summed E-state index contributed by atoms with van der Waals surface area (Å²) in [6, 6.07) is 33.1. The summed E-state index contributed by atoms with van der Waals surface area (Å²) in [6.45, 7) is 16.9. The Balaban J connectivity index is 0.000000200. The number of hydrogen-bond donors (Lipinski definition) is 4. The van der Waals surface area contributed by atoms with Crippen molar-refractivity contribution in [2.24, 2.45) is 0 Å². The van der Waals surface area contributed by atoms with Gasteiger partial charge in [-0.15, -0.1) is 0 Å². The fourth-order valence-corrected chi connectivity index (χ4v) is 10.4. The average molecular weight is 1120 g/mol. The third-order valence-electron chi connectivity index (χ3n) is 15.3. The van der Waals surface area contributed by atoms with Gasteiger partial charge >= 0.3 is 0 Å². The first-order valence-corrected chi connectivity index (χ1v) is 30.5. The predicted molar refractivity (Wildman–Crippen MR) is 333 cm³/mol. The normalized spacial score (nSPS) is 15.6. The Kier molecular flexibility index (Phi) is 31.2. The molecule has 4 saturated heterocycles. The largest absolute Gasteiger partial charge is 0.378 e. The Morgan fingerprint density at radius 1 is 0.378 bits per heavy atom. The van der Waals surface area contributed by atoms with E-state index in [0.29, 0.717) is 35.3 Å². The van der Waals surface area contributed by atoms with Crippen LogP contribution in [-0.2, 0) is 0 Å². The minimum atomic E-state index is -0.0965. The molecule has 4 aromatic carbocycles. The number of anilines is 2. The summed E-state index contributed by atoms with van der Waals surface area (Å²) >= 11 is 0. The van der Waals surface area contributed by atoms with E-state index >= 15 is 0 Å². The molecule has 16 heteroatoms. The topological polar surface area (TPSA) is 183 Å². The number of carbonyl (C=O) groups is 4. The Bertz CT molecular complexity index is 2550. The molecular weight excluding hydrogens is 1020 g/mol. The Labute approximate surface area is 491 Å². The second-order valence-electron chi connectivity index (χ2n) is 22.3. The number of benzene rings is 4. The van der Waals surface area contributed by atoms with Crippen LogP contribution >= 0.6 is 0 Å². The maximum absolute atomic E-state index is 12.1. The zero-order chi connectivity index (χ0) is 58.6. The molecule has 0 atom stereocenters.